The minimum atomic E-state index is -1.42. The number of nitrogens with zero attached hydrogens (tertiary/aromatic N) is 2. The molecule has 2 heterocycles. The van der Waals surface area contributed by atoms with E-state index in [1.54, 1.807) is 23.1 Å². The second kappa shape index (κ2) is 6.08. The van der Waals surface area contributed by atoms with Gasteiger partial charge in [0.15, 0.2) is 4.34 Å². The molecular formula is C13H15N3O3S2. The Labute approximate surface area is 128 Å². The Balaban J connectivity index is 1.72. The van der Waals surface area contributed by atoms with Crippen molar-refractivity contribution in [3.63, 3.8) is 0 Å². The van der Waals surface area contributed by atoms with Gasteiger partial charge >= 0.3 is 0 Å². The molecule has 0 saturated carbocycles. The van der Waals surface area contributed by atoms with Gasteiger partial charge in [-0.3, -0.25) is 9.00 Å². The summed E-state index contributed by atoms with van der Waals surface area (Å²) in [6, 6.07) is 5.36. The SMILES string of the molecule is Nc1ccc2nc(S(=O)CC(=O)N3CCOCC3)sc2c1. The maximum Gasteiger partial charge on any atom is 0.235 e. The average molecular weight is 325 g/mol. The molecule has 2 N–H and O–H groups in total. The summed E-state index contributed by atoms with van der Waals surface area (Å²) in [5, 5.41) is 0. The summed E-state index contributed by atoms with van der Waals surface area (Å²) in [6.45, 7) is 2.20. The third-order valence-corrected chi connectivity index (χ3v) is 5.82. The molecule has 1 amide bonds. The third-order valence-electron chi connectivity index (χ3n) is 3.21. The summed E-state index contributed by atoms with van der Waals surface area (Å²) in [7, 11) is -1.42. The molecule has 3 rings (SSSR count). The van der Waals surface area contributed by atoms with Crippen molar-refractivity contribution in [2.24, 2.45) is 0 Å². The van der Waals surface area contributed by atoms with Crippen molar-refractivity contribution in [3.8, 4) is 0 Å². The second-order valence-electron chi connectivity index (χ2n) is 4.69. The van der Waals surface area contributed by atoms with Gasteiger partial charge in [-0.15, -0.1) is 11.3 Å². The lowest BCUT2D eigenvalue weighted by Crippen LogP contribution is -2.42. The molecule has 0 aliphatic carbocycles. The molecule has 112 valence electrons. The van der Waals surface area contributed by atoms with Gasteiger partial charge < -0.3 is 15.4 Å². The van der Waals surface area contributed by atoms with Gasteiger partial charge in [-0.05, 0) is 18.2 Å². The summed E-state index contributed by atoms with van der Waals surface area (Å²) in [6.07, 6.45) is 0. The lowest BCUT2D eigenvalue weighted by Gasteiger charge is -2.26. The minimum absolute atomic E-state index is 0.0324. The van der Waals surface area contributed by atoms with E-state index in [1.807, 2.05) is 0 Å². The molecule has 8 heteroatoms. The van der Waals surface area contributed by atoms with E-state index < -0.39 is 10.8 Å². The maximum absolute atomic E-state index is 12.3. The maximum atomic E-state index is 12.3. The smallest absolute Gasteiger partial charge is 0.235 e. The number of thiazole rings is 1. The first-order valence-corrected chi connectivity index (χ1v) is 8.67. The molecule has 1 saturated heterocycles. The van der Waals surface area contributed by atoms with E-state index in [-0.39, 0.29) is 11.7 Å². The van der Waals surface area contributed by atoms with Crippen molar-refractivity contribution in [1.29, 1.82) is 0 Å². The van der Waals surface area contributed by atoms with E-state index >= 15 is 0 Å². The number of benzene rings is 1. The van der Waals surface area contributed by atoms with Crippen LogP contribution < -0.4 is 5.73 Å². The fourth-order valence-electron chi connectivity index (χ4n) is 2.10. The second-order valence-corrected chi connectivity index (χ2v) is 7.35. The van der Waals surface area contributed by atoms with Crippen LogP contribution in [0.2, 0.25) is 0 Å². The molecule has 0 bridgehead atoms. The highest BCUT2D eigenvalue weighted by Gasteiger charge is 2.21. The van der Waals surface area contributed by atoms with E-state index in [1.165, 1.54) is 11.3 Å². The molecule has 0 spiro atoms. The Morgan fingerprint density at radius 2 is 2.19 bits per heavy atom. The summed E-state index contributed by atoms with van der Waals surface area (Å²) < 4.78 is 18.9. The predicted octanol–water partition coefficient (Wildman–Crippen LogP) is 0.845. The van der Waals surface area contributed by atoms with Crippen LogP contribution >= 0.6 is 11.3 Å². The first kappa shape index (κ1) is 14.4. The summed E-state index contributed by atoms with van der Waals surface area (Å²) >= 11 is 1.32. The van der Waals surface area contributed by atoms with Gasteiger partial charge in [-0.2, -0.15) is 0 Å². The molecule has 2 aromatic rings. The van der Waals surface area contributed by atoms with Gasteiger partial charge in [0.2, 0.25) is 5.91 Å². The van der Waals surface area contributed by atoms with Crippen molar-refractivity contribution in [1.82, 2.24) is 9.88 Å². The van der Waals surface area contributed by atoms with Crippen LogP contribution in [0, 0.1) is 0 Å². The lowest BCUT2D eigenvalue weighted by atomic mass is 10.3. The molecule has 1 atom stereocenters. The Kier molecular flexibility index (Phi) is 4.18. The van der Waals surface area contributed by atoms with Crippen LogP contribution in [0.15, 0.2) is 22.5 Å². The van der Waals surface area contributed by atoms with Gasteiger partial charge in [0.25, 0.3) is 0 Å². The van der Waals surface area contributed by atoms with Crippen LogP contribution in [-0.4, -0.2) is 52.1 Å². The van der Waals surface area contributed by atoms with E-state index in [4.69, 9.17) is 10.5 Å². The van der Waals surface area contributed by atoms with Gasteiger partial charge in [0, 0.05) is 18.8 Å². The highest BCUT2D eigenvalue weighted by atomic mass is 32.2. The zero-order valence-electron chi connectivity index (χ0n) is 11.3. The molecule has 0 radical (unpaired) electrons. The standard InChI is InChI=1S/C13H15N3O3S2/c14-9-1-2-10-11(7-9)20-13(15-10)21(18)8-12(17)16-3-5-19-6-4-16/h1-2,7H,3-6,8,14H2. The number of hydrogen-bond donors (Lipinski definition) is 1. The van der Waals surface area contributed by atoms with Gasteiger partial charge in [-0.25, -0.2) is 4.98 Å². The van der Waals surface area contributed by atoms with Crippen molar-refractivity contribution in [3.05, 3.63) is 18.2 Å². The van der Waals surface area contributed by atoms with Crippen LogP contribution in [0.3, 0.4) is 0 Å². The van der Waals surface area contributed by atoms with E-state index in [0.717, 1.165) is 10.2 Å². The Morgan fingerprint density at radius 3 is 2.95 bits per heavy atom. The lowest BCUT2D eigenvalue weighted by molar-refractivity contribution is -0.132. The fourth-order valence-corrected chi connectivity index (χ4v) is 4.39. The highest BCUT2D eigenvalue weighted by Crippen LogP contribution is 2.26. The molecule has 1 aromatic carbocycles. The normalized spacial score (nSPS) is 17.0. The molecular weight excluding hydrogens is 310 g/mol. The van der Waals surface area contributed by atoms with Crippen LogP contribution in [0.5, 0.6) is 0 Å². The third kappa shape index (κ3) is 3.22. The van der Waals surface area contributed by atoms with Crippen molar-refractivity contribution in [2.75, 3.05) is 37.8 Å². The van der Waals surface area contributed by atoms with Crippen LogP contribution in [-0.2, 0) is 20.3 Å². The average Bonchev–Trinajstić information content (AvgIpc) is 2.91. The van der Waals surface area contributed by atoms with Gasteiger partial charge in [0.1, 0.15) is 5.75 Å². The number of morpholine rings is 1. The quantitative estimate of drug-likeness (QED) is 0.846. The highest BCUT2D eigenvalue weighted by molar-refractivity contribution is 7.88. The molecule has 1 unspecified atom stereocenters. The zero-order chi connectivity index (χ0) is 14.8. The number of nitrogen functional groups attached to an aromatic ring is 1. The Hall–Kier alpha value is -1.51. The fraction of sp³-hybridized carbons (Fsp3) is 0.385. The Morgan fingerprint density at radius 1 is 1.43 bits per heavy atom. The summed E-state index contributed by atoms with van der Waals surface area (Å²) in [5.74, 6) is -0.148. The van der Waals surface area contributed by atoms with Crippen LogP contribution in [0.1, 0.15) is 0 Å². The molecule has 1 aliphatic heterocycles. The number of carbonyl (C=O) groups excluding carboxylic acids is 1. The number of nitrogens with two attached hydrogens (primary N) is 1. The van der Waals surface area contributed by atoms with Crippen molar-refractivity contribution < 1.29 is 13.7 Å². The number of fused-ring (bicyclic) bond motifs is 1. The molecule has 1 fully saturated rings. The predicted molar refractivity (Wildman–Crippen MR) is 82.7 cm³/mol. The minimum Gasteiger partial charge on any atom is -0.399 e. The largest absolute Gasteiger partial charge is 0.399 e. The summed E-state index contributed by atoms with van der Waals surface area (Å²) in [4.78, 5) is 18.1. The molecule has 21 heavy (non-hydrogen) atoms. The van der Waals surface area contributed by atoms with E-state index in [9.17, 15) is 9.00 Å². The van der Waals surface area contributed by atoms with Gasteiger partial charge in [-0.1, -0.05) is 0 Å². The number of aromatic nitrogens is 1. The number of carbonyl (C=O) groups is 1. The monoisotopic (exact) mass is 325 g/mol. The number of ether oxygens (including phenoxy) is 1. The number of hydrogen-bond acceptors (Lipinski definition) is 6. The van der Waals surface area contributed by atoms with Crippen molar-refractivity contribution in [2.45, 2.75) is 4.34 Å². The summed E-state index contributed by atoms with van der Waals surface area (Å²) in [5.41, 5.74) is 7.12. The topological polar surface area (TPSA) is 85.5 Å². The zero-order valence-corrected chi connectivity index (χ0v) is 12.9. The number of rotatable bonds is 3. The first-order chi connectivity index (χ1) is 10.1. The first-order valence-electron chi connectivity index (χ1n) is 6.53. The van der Waals surface area contributed by atoms with E-state index in [2.05, 4.69) is 4.98 Å². The number of amides is 1. The molecule has 1 aliphatic rings. The van der Waals surface area contributed by atoms with Gasteiger partial charge in [0.05, 0.1) is 34.2 Å². The van der Waals surface area contributed by atoms with Crippen LogP contribution in [0.25, 0.3) is 10.2 Å². The Bertz CT molecular complexity index is 695. The van der Waals surface area contributed by atoms with Crippen molar-refractivity contribution >= 4 is 43.9 Å². The van der Waals surface area contributed by atoms with E-state index in [0.29, 0.717) is 36.3 Å². The molecule has 6 nitrogen and oxygen atoms in total. The molecule has 1 aromatic heterocycles. The van der Waals surface area contributed by atoms with Crippen LogP contribution in [0.4, 0.5) is 5.69 Å². The number of anilines is 1.